The first-order chi connectivity index (χ1) is 15.9. The maximum Gasteiger partial charge on any atom is 0.387 e. The molecular formula is C23H19F3N4O3. The number of alkyl halides is 2. The summed E-state index contributed by atoms with van der Waals surface area (Å²) in [6.45, 7) is 1.72. The van der Waals surface area contributed by atoms with Crippen molar-refractivity contribution >= 4 is 5.91 Å². The molecule has 0 N–H and O–H groups in total. The van der Waals surface area contributed by atoms with Crippen LogP contribution < -0.4 is 9.47 Å². The normalized spacial score (nSPS) is 13.5. The van der Waals surface area contributed by atoms with Crippen LogP contribution in [-0.4, -0.2) is 45.5 Å². The Hall–Kier alpha value is -3.95. The number of aromatic nitrogens is 3. The largest absolute Gasteiger partial charge is 0.432 e. The molecule has 10 heteroatoms. The number of hydrogen-bond donors (Lipinski definition) is 0. The van der Waals surface area contributed by atoms with Crippen molar-refractivity contribution in [3.05, 3.63) is 73.1 Å². The van der Waals surface area contributed by atoms with Crippen molar-refractivity contribution in [1.82, 2.24) is 19.9 Å². The summed E-state index contributed by atoms with van der Waals surface area (Å²) in [5.74, 6) is -1.21. The van der Waals surface area contributed by atoms with Gasteiger partial charge < -0.3 is 14.4 Å². The lowest BCUT2D eigenvalue weighted by atomic mass is 9.92. The van der Waals surface area contributed by atoms with Gasteiger partial charge in [0.05, 0.1) is 0 Å². The van der Waals surface area contributed by atoms with Crippen LogP contribution in [0.3, 0.4) is 0 Å². The molecule has 1 aliphatic heterocycles. The highest BCUT2D eigenvalue weighted by Crippen LogP contribution is 2.28. The zero-order chi connectivity index (χ0) is 23.4. The highest BCUT2D eigenvalue weighted by molar-refractivity contribution is 5.87. The van der Waals surface area contributed by atoms with Crippen molar-refractivity contribution in [2.45, 2.75) is 13.0 Å². The van der Waals surface area contributed by atoms with Crippen molar-refractivity contribution < 1.29 is 27.4 Å². The van der Waals surface area contributed by atoms with E-state index in [1.165, 1.54) is 24.5 Å². The first-order valence-corrected chi connectivity index (χ1v) is 10.0. The minimum Gasteiger partial charge on any atom is -0.432 e. The number of nitrogens with zero attached hydrogens (tertiary/aromatic N) is 4. The molecule has 1 fully saturated rings. The molecule has 0 radical (unpaired) electrons. The van der Waals surface area contributed by atoms with E-state index >= 15 is 0 Å². The molecule has 1 aromatic carbocycles. The van der Waals surface area contributed by atoms with Crippen LogP contribution in [0.25, 0.3) is 11.1 Å². The summed E-state index contributed by atoms with van der Waals surface area (Å²) in [5, 5.41) is 0. The second kappa shape index (κ2) is 9.68. The fourth-order valence-corrected chi connectivity index (χ4v) is 3.46. The molecule has 1 amide bonds. The van der Waals surface area contributed by atoms with Gasteiger partial charge in [-0.3, -0.25) is 9.78 Å². The Kier molecular flexibility index (Phi) is 6.53. The molecule has 0 atom stereocenters. The van der Waals surface area contributed by atoms with Crippen LogP contribution >= 0.6 is 0 Å². The Morgan fingerprint density at radius 2 is 1.91 bits per heavy atom. The molecular weight excluding hydrogens is 437 g/mol. The molecule has 0 aliphatic carbocycles. The number of rotatable bonds is 8. The second-order valence-electron chi connectivity index (χ2n) is 7.43. The molecule has 2 aromatic heterocycles. The number of pyridine rings is 1. The number of amides is 1. The van der Waals surface area contributed by atoms with Gasteiger partial charge in [0.15, 0.2) is 11.6 Å². The Balaban J connectivity index is 1.40. The first-order valence-electron chi connectivity index (χ1n) is 10.0. The molecule has 170 valence electrons. The maximum absolute atomic E-state index is 13.5. The molecule has 7 nitrogen and oxygen atoms in total. The third kappa shape index (κ3) is 5.46. The quantitative estimate of drug-likeness (QED) is 0.472. The number of benzene rings is 1. The SMILES string of the molecule is C=CC(=O)N1CC(Cc2cncc(-c3cnc(Oc4ccc(F)c(OC(F)F)c4)nc3)c2)C1. The molecule has 0 saturated carbocycles. The van der Waals surface area contributed by atoms with E-state index in [1.54, 1.807) is 17.3 Å². The van der Waals surface area contributed by atoms with Gasteiger partial charge in [-0.1, -0.05) is 6.58 Å². The topological polar surface area (TPSA) is 77.4 Å². The monoisotopic (exact) mass is 456 g/mol. The van der Waals surface area contributed by atoms with Crippen LogP contribution in [-0.2, 0) is 11.2 Å². The molecule has 4 rings (SSSR count). The van der Waals surface area contributed by atoms with E-state index in [1.807, 2.05) is 6.07 Å². The first kappa shape index (κ1) is 22.3. The van der Waals surface area contributed by atoms with Crippen LogP contribution in [0.1, 0.15) is 5.56 Å². The Labute approximate surface area is 187 Å². The van der Waals surface area contributed by atoms with Gasteiger partial charge >= 0.3 is 12.6 Å². The Bertz CT molecular complexity index is 1150. The van der Waals surface area contributed by atoms with E-state index in [9.17, 15) is 18.0 Å². The van der Waals surface area contributed by atoms with Gasteiger partial charge in [0, 0.05) is 55.1 Å². The zero-order valence-corrected chi connectivity index (χ0v) is 17.3. The summed E-state index contributed by atoms with van der Waals surface area (Å²) in [6.07, 6.45) is 8.65. The van der Waals surface area contributed by atoms with Crippen LogP contribution in [0.15, 0.2) is 61.7 Å². The maximum atomic E-state index is 13.5. The van der Waals surface area contributed by atoms with Crippen molar-refractivity contribution in [2.24, 2.45) is 5.92 Å². The van der Waals surface area contributed by atoms with Gasteiger partial charge in [-0.05, 0) is 42.2 Å². The zero-order valence-electron chi connectivity index (χ0n) is 17.3. The molecule has 33 heavy (non-hydrogen) atoms. The van der Waals surface area contributed by atoms with E-state index in [2.05, 4.69) is 26.3 Å². The van der Waals surface area contributed by atoms with Crippen LogP contribution in [0.5, 0.6) is 17.5 Å². The third-order valence-corrected chi connectivity index (χ3v) is 5.05. The molecule has 0 bridgehead atoms. The average molecular weight is 456 g/mol. The van der Waals surface area contributed by atoms with Gasteiger partial charge in [-0.15, -0.1) is 0 Å². The smallest absolute Gasteiger partial charge is 0.387 e. The van der Waals surface area contributed by atoms with Crippen molar-refractivity contribution in [1.29, 1.82) is 0 Å². The summed E-state index contributed by atoms with van der Waals surface area (Å²) in [6, 6.07) is 5.14. The van der Waals surface area contributed by atoms with E-state index < -0.39 is 18.2 Å². The highest BCUT2D eigenvalue weighted by Gasteiger charge is 2.29. The number of ether oxygens (including phenoxy) is 2. The molecule has 1 saturated heterocycles. The van der Waals surface area contributed by atoms with Crippen LogP contribution in [0.4, 0.5) is 13.2 Å². The van der Waals surface area contributed by atoms with Crippen LogP contribution in [0.2, 0.25) is 0 Å². The van der Waals surface area contributed by atoms with Crippen molar-refractivity contribution in [3.8, 4) is 28.6 Å². The highest BCUT2D eigenvalue weighted by atomic mass is 19.3. The van der Waals surface area contributed by atoms with E-state index in [-0.39, 0.29) is 17.7 Å². The van der Waals surface area contributed by atoms with E-state index in [0.29, 0.717) is 24.6 Å². The predicted molar refractivity (Wildman–Crippen MR) is 112 cm³/mol. The van der Waals surface area contributed by atoms with E-state index in [0.717, 1.165) is 29.7 Å². The van der Waals surface area contributed by atoms with Crippen molar-refractivity contribution in [2.75, 3.05) is 13.1 Å². The number of likely N-dealkylation sites (tertiary alicyclic amines) is 1. The van der Waals surface area contributed by atoms with Crippen molar-refractivity contribution in [3.63, 3.8) is 0 Å². The lowest BCUT2D eigenvalue weighted by Gasteiger charge is -2.38. The predicted octanol–water partition coefficient (Wildman–Crippen LogP) is 4.26. The molecule has 3 heterocycles. The summed E-state index contributed by atoms with van der Waals surface area (Å²) >= 11 is 0. The van der Waals surface area contributed by atoms with Gasteiger partial charge in [-0.25, -0.2) is 14.4 Å². The molecule has 0 unspecified atom stereocenters. The molecule has 1 aliphatic rings. The van der Waals surface area contributed by atoms with Gasteiger partial charge in [0.25, 0.3) is 0 Å². The Morgan fingerprint density at radius 3 is 2.61 bits per heavy atom. The second-order valence-corrected chi connectivity index (χ2v) is 7.43. The molecule has 3 aromatic rings. The lowest BCUT2D eigenvalue weighted by Crippen LogP contribution is -2.50. The lowest BCUT2D eigenvalue weighted by molar-refractivity contribution is -0.132. The average Bonchev–Trinajstić information content (AvgIpc) is 2.78. The number of carbonyl (C=O) groups excluding carboxylic acids is 1. The Morgan fingerprint density at radius 1 is 1.15 bits per heavy atom. The van der Waals surface area contributed by atoms with E-state index in [4.69, 9.17) is 4.74 Å². The summed E-state index contributed by atoms with van der Waals surface area (Å²) in [4.78, 5) is 25.8. The fourth-order valence-electron chi connectivity index (χ4n) is 3.46. The summed E-state index contributed by atoms with van der Waals surface area (Å²) in [5.41, 5.74) is 2.54. The number of hydrogen-bond acceptors (Lipinski definition) is 6. The fraction of sp³-hybridized carbons (Fsp3) is 0.217. The third-order valence-electron chi connectivity index (χ3n) is 5.05. The number of carbonyl (C=O) groups is 1. The van der Waals surface area contributed by atoms with Gasteiger partial charge in [0.2, 0.25) is 5.91 Å². The minimum absolute atomic E-state index is 0.0427. The number of halogens is 3. The minimum atomic E-state index is -3.16. The summed E-state index contributed by atoms with van der Waals surface area (Å²) < 4.78 is 47.8. The van der Waals surface area contributed by atoms with Gasteiger partial charge in [-0.2, -0.15) is 8.78 Å². The summed E-state index contributed by atoms with van der Waals surface area (Å²) in [7, 11) is 0. The molecule has 0 spiro atoms. The van der Waals surface area contributed by atoms with Crippen LogP contribution in [0, 0.1) is 11.7 Å². The standard InChI is InChI=1S/C23H19F3N4O3/c1-2-21(31)30-12-15(13-30)5-14-6-16(9-27-8-14)17-10-28-23(29-11-17)32-18-3-4-19(24)20(7-18)33-22(25)26/h2-4,6-11,15,22H,1,5,12-13H2. The van der Waals surface area contributed by atoms with Gasteiger partial charge in [0.1, 0.15) is 5.75 Å².